The zero-order valence-corrected chi connectivity index (χ0v) is 14.7. The molecule has 2 N–H and O–H groups in total. The average molecular weight is 352 g/mol. The van der Waals surface area contributed by atoms with Crippen molar-refractivity contribution >= 4 is 18.0 Å². The quantitative estimate of drug-likeness (QED) is 0.640. The van der Waals surface area contributed by atoms with Gasteiger partial charge in [-0.3, -0.25) is 9.69 Å². The highest BCUT2D eigenvalue weighted by atomic mass is 16.5. The van der Waals surface area contributed by atoms with Gasteiger partial charge in [0.1, 0.15) is 5.70 Å². The lowest BCUT2D eigenvalue weighted by molar-refractivity contribution is -0.123. The van der Waals surface area contributed by atoms with Crippen LogP contribution in [0.1, 0.15) is 23.6 Å². The van der Waals surface area contributed by atoms with Crippen LogP contribution in [0.3, 0.4) is 0 Å². The molecule has 0 radical (unpaired) electrons. The van der Waals surface area contributed by atoms with E-state index in [4.69, 9.17) is 4.74 Å². The molecule has 3 rings (SSSR count). The number of rotatable bonds is 5. The smallest absolute Gasteiger partial charge is 0.329 e. The van der Waals surface area contributed by atoms with Crippen LogP contribution in [0.25, 0.3) is 6.08 Å². The number of phenols is 1. The van der Waals surface area contributed by atoms with Crippen molar-refractivity contribution in [1.82, 2.24) is 10.2 Å². The van der Waals surface area contributed by atoms with Crippen LogP contribution in [-0.4, -0.2) is 28.6 Å². The first-order valence-corrected chi connectivity index (χ1v) is 8.34. The predicted octanol–water partition coefficient (Wildman–Crippen LogP) is 3.19. The van der Waals surface area contributed by atoms with Gasteiger partial charge in [-0.25, -0.2) is 4.79 Å². The molecule has 0 spiro atoms. The minimum Gasteiger partial charge on any atom is -0.504 e. The Bertz CT molecular complexity index is 889. The molecule has 2 aromatic rings. The molecule has 1 aliphatic rings. The highest BCUT2D eigenvalue weighted by Crippen LogP contribution is 2.31. The van der Waals surface area contributed by atoms with E-state index in [9.17, 15) is 14.7 Å². The van der Waals surface area contributed by atoms with Crippen molar-refractivity contribution in [2.45, 2.75) is 20.4 Å². The van der Waals surface area contributed by atoms with Crippen LogP contribution in [0.5, 0.6) is 11.5 Å². The van der Waals surface area contributed by atoms with Crippen molar-refractivity contribution in [3.8, 4) is 11.5 Å². The number of carbonyl (C=O) groups excluding carboxylic acids is 2. The van der Waals surface area contributed by atoms with Gasteiger partial charge in [0.2, 0.25) is 0 Å². The number of hydrogen-bond acceptors (Lipinski definition) is 4. The highest BCUT2D eigenvalue weighted by Gasteiger charge is 2.33. The normalized spacial score (nSPS) is 15.5. The van der Waals surface area contributed by atoms with Crippen LogP contribution >= 0.6 is 0 Å². The molecule has 1 heterocycles. The molecule has 0 unspecified atom stereocenters. The van der Waals surface area contributed by atoms with Gasteiger partial charge in [-0.1, -0.05) is 42.0 Å². The monoisotopic (exact) mass is 352 g/mol. The number of urea groups is 1. The number of aryl methyl sites for hydroxylation is 1. The first kappa shape index (κ1) is 17.5. The largest absolute Gasteiger partial charge is 0.504 e. The molecule has 6 heteroatoms. The van der Waals surface area contributed by atoms with Gasteiger partial charge in [0.25, 0.3) is 5.91 Å². The first-order chi connectivity index (χ1) is 12.5. The van der Waals surface area contributed by atoms with E-state index in [1.807, 2.05) is 38.1 Å². The lowest BCUT2D eigenvalue weighted by Crippen LogP contribution is -2.30. The number of phenolic OH excluding ortho intramolecular Hbond substituents is 1. The topological polar surface area (TPSA) is 78.9 Å². The summed E-state index contributed by atoms with van der Waals surface area (Å²) >= 11 is 0. The zero-order valence-electron chi connectivity index (χ0n) is 14.7. The lowest BCUT2D eigenvalue weighted by Gasteiger charge is -2.12. The standard InChI is InChI=1S/C20H20N2O4/c1-3-26-17-9-5-8-15(18(17)23)11-16-19(24)22(20(25)21-16)12-14-7-4-6-13(2)10-14/h4-11,23H,3,12H2,1-2H3,(H,21,25)/b16-11+. The predicted molar refractivity (Wildman–Crippen MR) is 97.5 cm³/mol. The third-order valence-electron chi connectivity index (χ3n) is 4.02. The number of nitrogens with zero attached hydrogens (tertiary/aromatic N) is 1. The highest BCUT2D eigenvalue weighted by molar-refractivity contribution is 6.14. The molecule has 1 aliphatic heterocycles. The van der Waals surface area contributed by atoms with Gasteiger partial charge in [0.15, 0.2) is 11.5 Å². The fourth-order valence-corrected chi connectivity index (χ4v) is 2.79. The van der Waals surface area contributed by atoms with Crippen molar-refractivity contribution in [2.24, 2.45) is 0 Å². The summed E-state index contributed by atoms with van der Waals surface area (Å²) in [6.45, 7) is 4.37. The number of nitrogens with one attached hydrogen (secondary N) is 1. The van der Waals surface area contributed by atoms with Gasteiger partial charge in [0, 0.05) is 5.56 Å². The molecule has 0 atom stereocenters. The molecule has 0 aliphatic carbocycles. The lowest BCUT2D eigenvalue weighted by atomic mass is 10.1. The van der Waals surface area contributed by atoms with E-state index in [0.717, 1.165) is 16.0 Å². The summed E-state index contributed by atoms with van der Waals surface area (Å²) in [7, 11) is 0. The Morgan fingerprint density at radius 1 is 1.19 bits per heavy atom. The molecular weight excluding hydrogens is 332 g/mol. The van der Waals surface area contributed by atoms with Crippen LogP contribution < -0.4 is 10.1 Å². The second kappa shape index (κ2) is 7.31. The molecule has 3 amide bonds. The molecule has 0 aromatic heterocycles. The van der Waals surface area contributed by atoms with E-state index in [-0.39, 0.29) is 18.0 Å². The minimum atomic E-state index is -0.483. The second-order valence-corrected chi connectivity index (χ2v) is 6.00. The molecule has 2 aromatic carbocycles. The molecular formula is C20H20N2O4. The summed E-state index contributed by atoms with van der Waals surface area (Å²) in [6.07, 6.45) is 1.45. The maximum atomic E-state index is 12.6. The van der Waals surface area contributed by atoms with Crippen LogP contribution in [0.2, 0.25) is 0 Å². The van der Waals surface area contributed by atoms with E-state index in [1.165, 1.54) is 6.08 Å². The van der Waals surface area contributed by atoms with E-state index in [0.29, 0.717) is 17.9 Å². The molecule has 134 valence electrons. The number of imide groups is 1. The Hall–Kier alpha value is -3.28. The summed E-state index contributed by atoms with van der Waals surface area (Å²) < 4.78 is 5.34. The van der Waals surface area contributed by atoms with Crippen molar-refractivity contribution in [1.29, 1.82) is 0 Å². The van der Waals surface area contributed by atoms with Crippen molar-refractivity contribution in [3.05, 3.63) is 64.9 Å². The number of para-hydroxylation sites is 1. The van der Waals surface area contributed by atoms with Gasteiger partial charge < -0.3 is 15.2 Å². The van der Waals surface area contributed by atoms with Crippen LogP contribution in [0.15, 0.2) is 48.2 Å². The molecule has 0 bridgehead atoms. The Balaban J connectivity index is 1.85. The molecule has 0 saturated carbocycles. The van der Waals surface area contributed by atoms with Gasteiger partial charge in [-0.2, -0.15) is 0 Å². The van der Waals surface area contributed by atoms with Gasteiger partial charge in [-0.05, 0) is 31.6 Å². The number of benzene rings is 2. The van der Waals surface area contributed by atoms with Crippen molar-refractivity contribution < 1.29 is 19.4 Å². The Morgan fingerprint density at radius 3 is 2.69 bits per heavy atom. The van der Waals surface area contributed by atoms with Crippen molar-refractivity contribution in [2.75, 3.05) is 6.61 Å². The minimum absolute atomic E-state index is 0.0685. The molecule has 26 heavy (non-hydrogen) atoms. The van der Waals surface area contributed by atoms with Crippen LogP contribution in [0.4, 0.5) is 4.79 Å². The van der Waals surface area contributed by atoms with Gasteiger partial charge in [-0.15, -0.1) is 0 Å². The second-order valence-electron chi connectivity index (χ2n) is 6.00. The molecule has 1 saturated heterocycles. The SMILES string of the molecule is CCOc1cccc(/C=C2/NC(=O)N(Cc3cccc(C)c3)C2=O)c1O. The van der Waals surface area contributed by atoms with Gasteiger partial charge >= 0.3 is 6.03 Å². The fraction of sp³-hybridized carbons (Fsp3) is 0.200. The van der Waals surface area contributed by atoms with E-state index < -0.39 is 11.9 Å². The fourth-order valence-electron chi connectivity index (χ4n) is 2.79. The zero-order chi connectivity index (χ0) is 18.7. The summed E-state index contributed by atoms with van der Waals surface area (Å²) in [5.41, 5.74) is 2.45. The Kier molecular flexibility index (Phi) is 4.93. The van der Waals surface area contributed by atoms with E-state index in [1.54, 1.807) is 18.2 Å². The Labute approximate surface area is 151 Å². The van der Waals surface area contributed by atoms with Crippen molar-refractivity contribution in [3.63, 3.8) is 0 Å². The number of amides is 3. The van der Waals surface area contributed by atoms with Crippen LogP contribution in [-0.2, 0) is 11.3 Å². The summed E-state index contributed by atoms with van der Waals surface area (Å²) in [4.78, 5) is 25.9. The summed E-state index contributed by atoms with van der Waals surface area (Å²) in [5, 5.41) is 12.8. The number of hydrogen-bond donors (Lipinski definition) is 2. The third kappa shape index (κ3) is 3.54. The van der Waals surface area contributed by atoms with E-state index in [2.05, 4.69) is 5.32 Å². The first-order valence-electron chi connectivity index (χ1n) is 8.34. The number of carbonyl (C=O) groups is 2. The Morgan fingerprint density at radius 2 is 1.96 bits per heavy atom. The third-order valence-corrected chi connectivity index (χ3v) is 4.02. The molecule has 1 fully saturated rings. The van der Waals surface area contributed by atoms with Crippen LogP contribution in [0, 0.1) is 6.92 Å². The molecule has 6 nitrogen and oxygen atoms in total. The maximum Gasteiger partial charge on any atom is 0.329 e. The number of aromatic hydroxyl groups is 1. The summed E-state index contributed by atoms with van der Waals surface area (Å²) in [6, 6.07) is 12.2. The van der Waals surface area contributed by atoms with Gasteiger partial charge in [0.05, 0.1) is 13.2 Å². The summed E-state index contributed by atoms with van der Waals surface area (Å²) in [5.74, 6) is -0.172. The number of ether oxygens (including phenoxy) is 1. The average Bonchev–Trinajstić information content (AvgIpc) is 2.86. The van der Waals surface area contributed by atoms with E-state index >= 15 is 0 Å². The maximum absolute atomic E-state index is 12.6.